The van der Waals surface area contributed by atoms with E-state index in [2.05, 4.69) is 45.9 Å². The van der Waals surface area contributed by atoms with Crippen LogP contribution in [0.15, 0.2) is 60.2 Å². The highest BCUT2D eigenvalue weighted by Gasteiger charge is 2.45. The first-order valence-electron chi connectivity index (χ1n) is 9.61. The van der Waals surface area contributed by atoms with E-state index in [9.17, 15) is 9.59 Å². The number of nitrogens with zero attached hydrogens (tertiary/aromatic N) is 1. The summed E-state index contributed by atoms with van der Waals surface area (Å²) < 4.78 is 0. The lowest BCUT2D eigenvalue weighted by Gasteiger charge is -2.15. The van der Waals surface area contributed by atoms with Crippen molar-refractivity contribution in [1.82, 2.24) is 5.06 Å². The van der Waals surface area contributed by atoms with E-state index in [0.717, 1.165) is 17.0 Å². The van der Waals surface area contributed by atoms with Crippen LogP contribution in [0.5, 0.6) is 0 Å². The summed E-state index contributed by atoms with van der Waals surface area (Å²) in [5.74, 6) is -0.806. The average Bonchev–Trinajstić information content (AvgIpc) is 3.22. The van der Waals surface area contributed by atoms with Gasteiger partial charge in [0.2, 0.25) is 0 Å². The minimum absolute atomic E-state index is 0.120. The van der Waals surface area contributed by atoms with Crippen LogP contribution in [0.1, 0.15) is 66.0 Å². The molecule has 1 unspecified atom stereocenters. The fourth-order valence-electron chi connectivity index (χ4n) is 3.75. The predicted octanol–water partition coefficient (Wildman–Crippen LogP) is 5.05. The van der Waals surface area contributed by atoms with Crippen molar-refractivity contribution in [3.8, 4) is 0 Å². The normalized spacial score (nSPS) is 22.7. The molecule has 2 aliphatic rings. The summed E-state index contributed by atoms with van der Waals surface area (Å²) in [7, 11) is 0. The van der Waals surface area contributed by atoms with Crippen molar-refractivity contribution in [3.05, 3.63) is 82.4 Å². The number of carbonyl (C=O) groups excluding carboxylic acids is 2. The predicted molar refractivity (Wildman–Crippen MR) is 108 cm³/mol. The highest BCUT2D eigenvalue weighted by molar-refractivity contribution is 6.20. The van der Waals surface area contributed by atoms with Crippen LogP contribution in [-0.2, 0) is 16.9 Å². The average molecular weight is 375 g/mol. The van der Waals surface area contributed by atoms with Gasteiger partial charge in [0.05, 0.1) is 11.1 Å². The van der Waals surface area contributed by atoms with E-state index in [1.165, 1.54) is 11.1 Å². The van der Waals surface area contributed by atoms with Crippen molar-refractivity contribution in [3.63, 3.8) is 0 Å². The van der Waals surface area contributed by atoms with Crippen LogP contribution in [0, 0.1) is 5.41 Å². The summed E-state index contributed by atoms with van der Waals surface area (Å²) in [6.07, 6.45) is 3.46. The minimum Gasteiger partial charge on any atom is -0.266 e. The lowest BCUT2D eigenvalue weighted by molar-refractivity contribution is -0.101. The second-order valence-electron chi connectivity index (χ2n) is 8.97. The van der Waals surface area contributed by atoms with Crippen molar-refractivity contribution >= 4 is 11.8 Å². The van der Waals surface area contributed by atoms with Gasteiger partial charge in [0.25, 0.3) is 11.8 Å². The molecule has 0 radical (unpaired) electrons. The third-order valence-electron chi connectivity index (χ3n) is 5.44. The Bertz CT molecular complexity index is 947. The maximum atomic E-state index is 12.3. The largest absolute Gasteiger partial charge is 0.285 e. The highest BCUT2D eigenvalue weighted by Crippen LogP contribution is 2.54. The van der Waals surface area contributed by atoms with Crippen molar-refractivity contribution in [2.75, 3.05) is 0 Å². The van der Waals surface area contributed by atoms with Gasteiger partial charge < -0.3 is 0 Å². The SMILES string of the molecule is CC(C)(C)/C=C1\CC1(C)c1ccc(CON2C(=O)c3ccccc3C2=O)cc1. The maximum absolute atomic E-state index is 12.3. The Morgan fingerprint density at radius 2 is 1.57 bits per heavy atom. The molecule has 144 valence electrons. The van der Waals surface area contributed by atoms with Gasteiger partial charge in [-0.1, -0.05) is 75.7 Å². The molecule has 4 heteroatoms. The van der Waals surface area contributed by atoms with Gasteiger partial charge in [-0.2, -0.15) is 0 Å². The molecule has 0 aromatic heterocycles. The standard InChI is InChI=1S/C24H25NO3/c1-23(2,3)13-18-14-24(18,4)17-11-9-16(10-12-17)15-28-25-21(26)19-7-5-6-8-20(19)22(25)27/h5-13H,14-15H2,1-4H3/b18-13+. The molecule has 1 fully saturated rings. The van der Waals surface area contributed by atoms with Gasteiger partial charge in [-0.25, -0.2) is 0 Å². The van der Waals surface area contributed by atoms with Gasteiger partial charge in [0.1, 0.15) is 6.61 Å². The Balaban J connectivity index is 1.42. The van der Waals surface area contributed by atoms with E-state index in [1.54, 1.807) is 24.3 Å². The zero-order valence-corrected chi connectivity index (χ0v) is 16.8. The first kappa shape index (κ1) is 18.6. The monoisotopic (exact) mass is 375 g/mol. The third-order valence-corrected chi connectivity index (χ3v) is 5.44. The molecule has 1 heterocycles. The van der Waals surface area contributed by atoms with Gasteiger partial charge in [-0.15, -0.1) is 5.06 Å². The van der Waals surface area contributed by atoms with E-state index < -0.39 is 11.8 Å². The number of hydroxylamine groups is 2. The molecule has 0 spiro atoms. The van der Waals surface area contributed by atoms with Crippen molar-refractivity contribution in [1.29, 1.82) is 0 Å². The lowest BCUT2D eigenvalue weighted by atomic mass is 9.91. The molecule has 1 aliphatic carbocycles. The van der Waals surface area contributed by atoms with Crippen LogP contribution in [0.25, 0.3) is 0 Å². The molecule has 1 aliphatic heterocycles. The summed E-state index contributed by atoms with van der Waals surface area (Å²) >= 11 is 0. The Morgan fingerprint density at radius 1 is 1.00 bits per heavy atom. The second-order valence-corrected chi connectivity index (χ2v) is 8.97. The molecule has 2 amide bonds. The summed E-state index contributed by atoms with van der Waals surface area (Å²) in [4.78, 5) is 30.2. The number of amides is 2. The van der Waals surface area contributed by atoms with Crippen molar-refractivity contribution < 1.29 is 14.4 Å². The molecule has 4 nitrogen and oxygen atoms in total. The van der Waals surface area contributed by atoms with E-state index >= 15 is 0 Å². The fourth-order valence-corrected chi connectivity index (χ4v) is 3.75. The van der Waals surface area contributed by atoms with Crippen LogP contribution >= 0.6 is 0 Å². The Morgan fingerprint density at radius 3 is 2.11 bits per heavy atom. The molecule has 1 saturated carbocycles. The fraction of sp³-hybridized carbons (Fsp3) is 0.333. The Kier molecular flexibility index (Phi) is 4.27. The van der Waals surface area contributed by atoms with Crippen molar-refractivity contribution in [2.24, 2.45) is 5.41 Å². The Hall–Kier alpha value is -2.72. The van der Waals surface area contributed by atoms with E-state index in [1.807, 2.05) is 12.1 Å². The van der Waals surface area contributed by atoms with Gasteiger partial charge in [0.15, 0.2) is 0 Å². The number of hydrogen-bond donors (Lipinski definition) is 0. The van der Waals surface area contributed by atoms with E-state index in [0.29, 0.717) is 11.1 Å². The molecule has 2 aromatic rings. The highest BCUT2D eigenvalue weighted by atomic mass is 16.7. The molecule has 28 heavy (non-hydrogen) atoms. The van der Waals surface area contributed by atoms with Crippen LogP contribution in [-0.4, -0.2) is 16.9 Å². The molecule has 0 bridgehead atoms. The number of allylic oxidation sites excluding steroid dienone is 2. The second kappa shape index (κ2) is 6.42. The smallest absolute Gasteiger partial charge is 0.266 e. The summed E-state index contributed by atoms with van der Waals surface area (Å²) in [5, 5.41) is 0.866. The molecule has 2 aromatic carbocycles. The number of carbonyl (C=O) groups is 2. The topological polar surface area (TPSA) is 46.6 Å². The van der Waals surface area contributed by atoms with Crippen LogP contribution in [0.3, 0.4) is 0 Å². The first-order valence-corrected chi connectivity index (χ1v) is 9.61. The number of rotatable bonds is 4. The first-order chi connectivity index (χ1) is 13.2. The number of fused-ring (bicyclic) bond motifs is 1. The molecule has 0 saturated heterocycles. The number of imide groups is 1. The minimum atomic E-state index is -0.403. The molecule has 0 N–H and O–H groups in total. The zero-order chi connectivity index (χ0) is 20.1. The van der Waals surface area contributed by atoms with Crippen LogP contribution in [0.4, 0.5) is 0 Å². The summed E-state index contributed by atoms with van der Waals surface area (Å²) in [5.41, 5.74) is 4.78. The Labute approximate surface area is 165 Å². The molecule has 4 rings (SSSR count). The lowest BCUT2D eigenvalue weighted by Crippen LogP contribution is -2.29. The van der Waals surface area contributed by atoms with Gasteiger partial charge in [-0.3, -0.25) is 14.4 Å². The van der Waals surface area contributed by atoms with E-state index in [4.69, 9.17) is 4.84 Å². The number of hydrogen-bond acceptors (Lipinski definition) is 3. The quantitative estimate of drug-likeness (QED) is 0.555. The maximum Gasteiger partial charge on any atom is 0.285 e. The van der Waals surface area contributed by atoms with Crippen LogP contribution in [0.2, 0.25) is 0 Å². The van der Waals surface area contributed by atoms with Gasteiger partial charge in [-0.05, 0) is 35.1 Å². The van der Waals surface area contributed by atoms with E-state index in [-0.39, 0.29) is 17.4 Å². The number of benzene rings is 2. The third kappa shape index (κ3) is 3.29. The van der Waals surface area contributed by atoms with Gasteiger partial charge in [0, 0.05) is 5.41 Å². The zero-order valence-electron chi connectivity index (χ0n) is 16.8. The summed E-state index contributed by atoms with van der Waals surface area (Å²) in [6.45, 7) is 9.11. The van der Waals surface area contributed by atoms with Gasteiger partial charge >= 0.3 is 0 Å². The van der Waals surface area contributed by atoms with Crippen molar-refractivity contribution in [2.45, 2.75) is 46.1 Å². The molecular formula is C24H25NO3. The molecular weight excluding hydrogens is 350 g/mol. The van der Waals surface area contributed by atoms with Crippen LogP contribution < -0.4 is 0 Å². The molecule has 1 atom stereocenters. The summed E-state index contributed by atoms with van der Waals surface area (Å²) in [6, 6.07) is 15.0.